The van der Waals surface area contributed by atoms with E-state index in [-0.39, 0.29) is 24.2 Å². The summed E-state index contributed by atoms with van der Waals surface area (Å²) in [4.78, 5) is 23.8. The van der Waals surface area contributed by atoms with Crippen LogP contribution in [0.5, 0.6) is 0 Å². The minimum absolute atomic E-state index is 0.134. The second-order valence-electron chi connectivity index (χ2n) is 6.40. The second kappa shape index (κ2) is 6.27. The van der Waals surface area contributed by atoms with Crippen LogP contribution in [0.2, 0.25) is 0 Å². The van der Waals surface area contributed by atoms with Gasteiger partial charge in [0.05, 0.1) is 11.0 Å². The van der Waals surface area contributed by atoms with E-state index in [0.29, 0.717) is 35.1 Å². The van der Waals surface area contributed by atoms with Crippen molar-refractivity contribution in [2.75, 3.05) is 0 Å². The number of hydrogen-bond acceptors (Lipinski definition) is 5. The Labute approximate surface area is 143 Å². The molecule has 1 fully saturated rings. The van der Waals surface area contributed by atoms with Crippen molar-refractivity contribution in [3.8, 4) is 0 Å². The van der Waals surface area contributed by atoms with Crippen molar-refractivity contribution < 1.29 is 13.7 Å². The number of H-pyrrole nitrogens is 1. The number of fused-ring (bicyclic) bond motifs is 1. The molecule has 1 amide bonds. The second-order valence-corrected chi connectivity index (χ2v) is 6.40. The Kier molecular flexibility index (Phi) is 3.95. The molecule has 1 saturated carbocycles. The summed E-state index contributed by atoms with van der Waals surface area (Å²) in [5.74, 6) is 1.76. The molecule has 1 atom stereocenters. The summed E-state index contributed by atoms with van der Waals surface area (Å²) in [6.45, 7) is 1.81. The molecule has 0 bridgehead atoms. The Balaban J connectivity index is 1.32. The maximum Gasteiger partial charge on any atom is 0.248 e. The lowest BCUT2D eigenvalue weighted by Gasteiger charge is -2.08. The Hall–Kier alpha value is -2.77. The van der Waals surface area contributed by atoms with E-state index in [9.17, 15) is 9.18 Å². The first-order valence-electron chi connectivity index (χ1n) is 8.35. The molecule has 2 heterocycles. The van der Waals surface area contributed by atoms with Crippen LogP contribution in [0.15, 0.2) is 22.7 Å². The number of aryl methyl sites for hydroxylation is 1. The van der Waals surface area contributed by atoms with Crippen LogP contribution in [-0.4, -0.2) is 26.0 Å². The van der Waals surface area contributed by atoms with Gasteiger partial charge in [-0.1, -0.05) is 5.16 Å². The minimum atomic E-state index is -0.336. The maximum atomic E-state index is 13.2. The molecule has 2 aromatic heterocycles. The van der Waals surface area contributed by atoms with Gasteiger partial charge in [-0.2, -0.15) is 4.98 Å². The third-order valence-corrected chi connectivity index (χ3v) is 4.23. The molecular formula is C17H18FN5O2. The molecule has 2 N–H and O–H groups in total. The van der Waals surface area contributed by atoms with Crippen LogP contribution < -0.4 is 5.32 Å². The summed E-state index contributed by atoms with van der Waals surface area (Å²) in [7, 11) is 0. The number of hydrogen-bond donors (Lipinski definition) is 2. The van der Waals surface area contributed by atoms with Gasteiger partial charge < -0.3 is 14.8 Å². The number of aromatic nitrogens is 4. The SMILES string of the molecule is C[C@@H](NC(=O)CCc1nc2ccc(F)cc2[nH]1)c1nc(C2CC2)no1. The molecule has 0 aliphatic heterocycles. The molecule has 7 nitrogen and oxygen atoms in total. The Morgan fingerprint density at radius 3 is 3.08 bits per heavy atom. The number of carbonyl (C=O) groups excluding carboxylic acids is 1. The van der Waals surface area contributed by atoms with Gasteiger partial charge in [0.15, 0.2) is 5.82 Å². The summed E-state index contributed by atoms with van der Waals surface area (Å²) in [6, 6.07) is 4.03. The molecule has 8 heteroatoms. The van der Waals surface area contributed by atoms with E-state index < -0.39 is 0 Å². The Bertz CT molecular complexity index is 915. The number of imidazole rings is 1. The number of nitrogens with zero attached hydrogens (tertiary/aromatic N) is 3. The number of amides is 1. The lowest BCUT2D eigenvalue weighted by atomic mass is 10.2. The van der Waals surface area contributed by atoms with E-state index in [0.717, 1.165) is 18.7 Å². The van der Waals surface area contributed by atoms with Crippen molar-refractivity contribution in [3.05, 3.63) is 41.6 Å². The molecule has 0 spiro atoms. The number of rotatable bonds is 6. The van der Waals surface area contributed by atoms with Gasteiger partial charge >= 0.3 is 0 Å². The molecule has 0 saturated heterocycles. The normalized spacial score (nSPS) is 15.4. The van der Waals surface area contributed by atoms with Gasteiger partial charge in [-0.05, 0) is 38.0 Å². The average Bonchev–Trinajstić information content (AvgIpc) is 3.17. The first-order valence-corrected chi connectivity index (χ1v) is 8.35. The number of nitrogens with one attached hydrogen (secondary N) is 2. The van der Waals surface area contributed by atoms with Gasteiger partial charge in [-0.25, -0.2) is 9.37 Å². The van der Waals surface area contributed by atoms with Crippen LogP contribution in [0.3, 0.4) is 0 Å². The molecule has 1 aliphatic rings. The van der Waals surface area contributed by atoms with Crippen LogP contribution in [0, 0.1) is 5.82 Å². The summed E-state index contributed by atoms with van der Waals surface area (Å²) in [5, 5.41) is 6.79. The fourth-order valence-electron chi connectivity index (χ4n) is 2.69. The zero-order valence-corrected chi connectivity index (χ0v) is 13.8. The van der Waals surface area contributed by atoms with Gasteiger partial charge in [0.25, 0.3) is 0 Å². The maximum absolute atomic E-state index is 13.2. The predicted octanol–water partition coefficient (Wildman–Crippen LogP) is 2.77. The average molecular weight is 343 g/mol. The van der Waals surface area contributed by atoms with E-state index in [1.807, 2.05) is 6.92 Å². The first kappa shape index (κ1) is 15.7. The molecular weight excluding hydrogens is 325 g/mol. The van der Waals surface area contributed by atoms with E-state index >= 15 is 0 Å². The third-order valence-electron chi connectivity index (χ3n) is 4.23. The zero-order valence-electron chi connectivity index (χ0n) is 13.8. The smallest absolute Gasteiger partial charge is 0.248 e. The molecule has 25 heavy (non-hydrogen) atoms. The molecule has 3 aromatic rings. The lowest BCUT2D eigenvalue weighted by Crippen LogP contribution is -2.27. The van der Waals surface area contributed by atoms with Gasteiger partial charge in [-0.15, -0.1) is 0 Å². The van der Waals surface area contributed by atoms with E-state index in [2.05, 4.69) is 25.4 Å². The molecule has 0 unspecified atom stereocenters. The number of carbonyl (C=O) groups is 1. The van der Waals surface area contributed by atoms with Crippen molar-refractivity contribution in [3.63, 3.8) is 0 Å². The summed E-state index contributed by atoms with van der Waals surface area (Å²) >= 11 is 0. The van der Waals surface area contributed by atoms with Crippen molar-refractivity contribution in [2.45, 2.75) is 44.6 Å². The zero-order chi connectivity index (χ0) is 17.4. The van der Waals surface area contributed by atoms with Crippen molar-refractivity contribution >= 4 is 16.9 Å². The van der Waals surface area contributed by atoms with Crippen LogP contribution >= 0.6 is 0 Å². The molecule has 0 radical (unpaired) electrons. The highest BCUT2D eigenvalue weighted by atomic mass is 19.1. The highest BCUT2D eigenvalue weighted by molar-refractivity contribution is 5.77. The summed E-state index contributed by atoms with van der Waals surface area (Å²) in [6.07, 6.45) is 2.89. The number of halogens is 1. The van der Waals surface area contributed by atoms with Gasteiger partial charge in [0, 0.05) is 18.8 Å². The van der Waals surface area contributed by atoms with Gasteiger partial charge in [-0.3, -0.25) is 4.79 Å². The third kappa shape index (κ3) is 3.52. The summed E-state index contributed by atoms with van der Waals surface area (Å²) in [5.41, 5.74) is 1.31. The quantitative estimate of drug-likeness (QED) is 0.717. The highest BCUT2D eigenvalue weighted by Gasteiger charge is 2.29. The largest absolute Gasteiger partial charge is 0.345 e. The van der Waals surface area contributed by atoms with Crippen LogP contribution in [0.1, 0.15) is 55.7 Å². The standard InChI is InChI=1S/C17H18FN5O2/c1-9(17-22-16(23-25-17)10-2-3-10)19-15(24)7-6-14-20-12-5-4-11(18)8-13(12)21-14/h4-5,8-10H,2-3,6-7H2,1H3,(H,19,24)(H,20,21)/t9-/m1/s1. The van der Waals surface area contributed by atoms with E-state index in [1.54, 1.807) is 6.07 Å². The Morgan fingerprint density at radius 2 is 2.28 bits per heavy atom. The molecule has 130 valence electrons. The topological polar surface area (TPSA) is 96.7 Å². The van der Waals surface area contributed by atoms with Crippen molar-refractivity contribution in [1.82, 2.24) is 25.4 Å². The van der Waals surface area contributed by atoms with Crippen LogP contribution in [0.4, 0.5) is 4.39 Å². The molecule has 1 aromatic carbocycles. The van der Waals surface area contributed by atoms with Crippen LogP contribution in [0.25, 0.3) is 11.0 Å². The first-order chi connectivity index (χ1) is 12.1. The molecule has 4 rings (SSSR count). The monoisotopic (exact) mass is 343 g/mol. The van der Waals surface area contributed by atoms with Crippen molar-refractivity contribution in [1.29, 1.82) is 0 Å². The van der Waals surface area contributed by atoms with Crippen molar-refractivity contribution in [2.24, 2.45) is 0 Å². The molecule has 1 aliphatic carbocycles. The van der Waals surface area contributed by atoms with E-state index in [4.69, 9.17) is 4.52 Å². The van der Waals surface area contributed by atoms with Gasteiger partial charge in [0.2, 0.25) is 11.8 Å². The number of aromatic amines is 1. The summed E-state index contributed by atoms with van der Waals surface area (Å²) < 4.78 is 18.4. The minimum Gasteiger partial charge on any atom is -0.345 e. The fourth-order valence-corrected chi connectivity index (χ4v) is 2.69. The Morgan fingerprint density at radius 1 is 1.44 bits per heavy atom. The van der Waals surface area contributed by atoms with Gasteiger partial charge in [0.1, 0.15) is 17.7 Å². The van der Waals surface area contributed by atoms with Crippen LogP contribution in [-0.2, 0) is 11.2 Å². The lowest BCUT2D eigenvalue weighted by molar-refractivity contribution is -0.121. The fraction of sp³-hybridized carbons (Fsp3) is 0.412. The predicted molar refractivity (Wildman–Crippen MR) is 87.2 cm³/mol. The highest BCUT2D eigenvalue weighted by Crippen LogP contribution is 2.38. The number of benzene rings is 1. The van der Waals surface area contributed by atoms with E-state index in [1.165, 1.54) is 12.1 Å².